The van der Waals surface area contributed by atoms with Crippen molar-refractivity contribution in [2.24, 2.45) is 7.05 Å². The molecule has 0 aliphatic carbocycles. The van der Waals surface area contributed by atoms with E-state index in [0.29, 0.717) is 23.2 Å². The van der Waals surface area contributed by atoms with E-state index in [2.05, 4.69) is 10.4 Å². The minimum absolute atomic E-state index is 0.533. The Morgan fingerprint density at radius 1 is 1.35 bits per heavy atom. The third kappa shape index (κ3) is 3.52. The lowest BCUT2D eigenvalue weighted by Crippen LogP contribution is -2.18. The number of hydrogen-bond acceptors (Lipinski definition) is 3. The molecule has 0 bridgehead atoms. The Morgan fingerprint density at radius 3 is 2.90 bits per heavy atom. The average molecular weight is 314 g/mol. The fourth-order valence-corrected chi connectivity index (χ4v) is 2.37. The molecular formula is C14H17Cl2N3O. The molecule has 2 aromatic rings. The fraction of sp³-hybridized carbons (Fsp3) is 0.357. The van der Waals surface area contributed by atoms with E-state index in [-0.39, 0.29) is 0 Å². The van der Waals surface area contributed by atoms with Crippen LogP contribution in [0, 0.1) is 0 Å². The number of aryl methyl sites for hydroxylation is 1. The molecule has 20 heavy (non-hydrogen) atoms. The molecule has 0 fully saturated rings. The second-order valence-electron chi connectivity index (χ2n) is 4.45. The van der Waals surface area contributed by atoms with Crippen LogP contribution >= 0.6 is 23.2 Å². The Labute approximate surface area is 128 Å². The summed E-state index contributed by atoms with van der Waals surface area (Å²) in [4.78, 5) is 0. The maximum Gasteiger partial charge on any atom is 0.0983 e. The lowest BCUT2D eigenvalue weighted by molar-refractivity contribution is 0.199. The number of nitrogens with zero attached hydrogens (tertiary/aromatic N) is 2. The molecule has 0 atom stereocenters. The van der Waals surface area contributed by atoms with Gasteiger partial charge < -0.3 is 10.1 Å². The molecule has 0 aliphatic heterocycles. The summed E-state index contributed by atoms with van der Waals surface area (Å²) in [5.41, 5.74) is 2.78. The van der Waals surface area contributed by atoms with Crippen LogP contribution in [0.2, 0.25) is 10.0 Å². The van der Waals surface area contributed by atoms with Crippen molar-refractivity contribution in [1.29, 1.82) is 0 Å². The maximum atomic E-state index is 6.27. The van der Waals surface area contributed by atoms with E-state index in [0.717, 1.165) is 23.4 Å². The van der Waals surface area contributed by atoms with Crippen LogP contribution in [0.15, 0.2) is 24.4 Å². The van der Waals surface area contributed by atoms with Gasteiger partial charge in [-0.1, -0.05) is 35.3 Å². The molecule has 0 radical (unpaired) electrons. The quantitative estimate of drug-likeness (QED) is 0.833. The number of rotatable bonds is 6. The van der Waals surface area contributed by atoms with Crippen LogP contribution in [0.3, 0.4) is 0 Å². The van der Waals surface area contributed by atoms with Gasteiger partial charge in [0.1, 0.15) is 0 Å². The topological polar surface area (TPSA) is 39.1 Å². The molecule has 0 saturated heterocycles. The first-order chi connectivity index (χ1) is 9.63. The first kappa shape index (κ1) is 15.3. The van der Waals surface area contributed by atoms with Gasteiger partial charge >= 0.3 is 0 Å². The molecule has 0 spiro atoms. The summed E-state index contributed by atoms with van der Waals surface area (Å²) < 4.78 is 6.79. The standard InChI is InChI=1S/C14H17Cl2N3O/c1-19-9-10(8-17-6-7-20-2)14(18-19)11-4-3-5-12(15)13(11)16/h3-5,9,17H,6-8H2,1-2H3. The minimum atomic E-state index is 0.533. The zero-order valence-corrected chi connectivity index (χ0v) is 13.0. The molecule has 0 aliphatic rings. The fourth-order valence-electron chi connectivity index (χ4n) is 1.98. The molecule has 1 N–H and O–H groups in total. The summed E-state index contributed by atoms with van der Waals surface area (Å²) in [5, 5.41) is 8.86. The number of nitrogens with one attached hydrogen (secondary N) is 1. The molecule has 0 amide bonds. The summed E-state index contributed by atoms with van der Waals surface area (Å²) in [6.45, 7) is 2.16. The van der Waals surface area contributed by atoms with Gasteiger partial charge in [0, 0.05) is 44.6 Å². The molecule has 0 saturated carbocycles. The minimum Gasteiger partial charge on any atom is -0.383 e. The van der Waals surface area contributed by atoms with E-state index in [9.17, 15) is 0 Å². The third-order valence-electron chi connectivity index (χ3n) is 2.91. The second-order valence-corrected chi connectivity index (χ2v) is 5.23. The van der Waals surface area contributed by atoms with E-state index in [4.69, 9.17) is 27.9 Å². The zero-order valence-electron chi connectivity index (χ0n) is 11.5. The molecule has 6 heteroatoms. The van der Waals surface area contributed by atoms with Crippen LogP contribution in [-0.2, 0) is 18.3 Å². The number of aromatic nitrogens is 2. The third-order valence-corrected chi connectivity index (χ3v) is 3.73. The Hall–Kier alpha value is -1.07. The van der Waals surface area contributed by atoms with E-state index < -0.39 is 0 Å². The number of benzene rings is 1. The molecule has 0 unspecified atom stereocenters. The predicted molar refractivity (Wildman–Crippen MR) is 82.2 cm³/mol. The number of halogens is 2. The van der Waals surface area contributed by atoms with Crippen molar-refractivity contribution in [3.8, 4) is 11.3 Å². The van der Waals surface area contributed by atoms with Crippen molar-refractivity contribution in [1.82, 2.24) is 15.1 Å². The van der Waals surface area contributed by atoms with Crippen molar-refractivity contribution < 1.29 is 4.74 Å². The maximum absolute atomic E-state index is 6.27. The largest absolute Gasteiger partial charge is 0.383 e. The highest BCUT2D eigenvalue weighted by atomic mass is 35.5. The van der Waals surface area contributed by atoms with Crippen molar-refractivity contribution in [2.45, 2.75) is 6.54 Å². The Morgan fingerprint density at radius 2 is 2.15 bits per heavy atom. The second kappa shape index (κ2) is 7.09. The molecule has 4 nitrogen and oxygen atoms in total. The van der Waals surface area contributed by atoms with Gasteiger partial charge in [0.15, 0.2) is 0 Å². The lowest BCUT2D eigenvalue weighted by atomic mass is 10.1. The van der Waals surface area contributed by atoms with Gasteiger partial charge in [-0.3, -0.25) is 4.68 Å². The van der Waals surface area contributed by atoms with Gasteiger partial charge in [-0.15, -0.1) is 0 Å². The van der Waals surface area contributed by atoms with Crippen molar-refractivity contribution in [3.05, 3.63) is 40.0 Å². The van der Waals surface area contributed by atoms with E-state index >= 15 is 0 Å². The number of hydrogen-bond donors (Lipinski definition) is 1. The molecular weight excluding hydrogens is 297 g/mol. The summed E-state index contributed by atoms with van der Waals surface area (Å²) >= 11 is 12.3. The van der Waals surface area contributed by atoms with Crippen LogP contribution < -0.4 is 5.32 Å². The van der Waals surface area contributed by atoms with Gasteiger partial charge in [0.05, 0.1) is 22.3 Å². The van der Waals surface area contributed by atoms with E-state index in [1.165, 1.54) is 0 Å². The van der Waals surface area contributed by atoms with Gasteiger partial charge in [-0.05, 0) is 6.07 Å². The van der Waals surface area contributed by atoms with Crippen LogP contribution in [-0.4, -0.2) is 30.0 Å². The molecule has 1 aromatic heterocycles. The van der Waals surface area contributed by atoms with Gasteiger partial charge in [0.25, 0.3) is 0 Å². The Balaban J connectivity index is 2.25. The summed E-state index contributed by atoms with van der Waals surface area (Å²) in [6, 6.07) is 5.57. The number of methoxy groups -OCH3 is 1. The van der Waals surface area contributed by atoms with Crippen LogP contribution in [0.5, 0.6) is 0 Å². The highest BCUT2D eigenvalue weighted by molar-refractivity contribution is 6.43. The Kier molecular flexibility index (Phi) is 5.43. The van der Waals surface area contributed by atoms with Crippen LogP contribution in [0.1, 0.15) is 5.56 Å². The zero-order chi connectivity index (χ0) is 14.5. The lowest BCUT2D eigenvalue weighted by Gasteiger charge is -2.07. The van der Waals surface area contributed by atoms with Crippen LogP contribution in [0.4, 0.5) is 0 Å². The average Bonchev–Trinajstić information content (AvgIpc) is 2.79. The molecule has 1 aromatic carbocycles. The monoisotopic (exact) mass is 313 g/mol. The van der Waals surface area contributed by atoms with Crippen molar-refractivity contribution in [2.75, 3.05) is 20.3 Å². The first-order valence-electron chi connectivity index (χ1n) is 6.30. The summed E-state index contributed by atoms with van der Waals surface area (Å²) in [7, 11) is 3.57. The Bertz CT molecular complexity index is 584. The van der Waals surface area contributed by atoms with Gasteiger partial charge in [-0.25, -0.2) is 0 Å². The van der Waals surface area contributed by atoms with Gasteiger partial charge in [0.2, 0.25) is 0 Å². The molecule has 2 rings (SSSR count). The van der Waals surface area contributed by atoms with Crippen molar-refractivity contribution >= 4 is 23.2 Å². The predicted octanol–water partition coefficient (Wildman–Crippen LogP) is 3.13. The first-order valence-corrected chi connectivity index (χ1v) is 7.05. The van der Waals surface area contributed by atoms with E-state index in [1.807, 2.05) is 25.4 Å². The van der Waals surface area contributed by atoms with Crippen molar-refractivity contribution in [3.63, 3.8) is 0 Å². The van der Waals surface area contributed by atoms with E-state index in [1.54, 1.807) is 17.9 Å². The smallest absolute Gasteiger partial charge is 0.0983 e. The van der Waals surface area contributed by atoms with Crippen LogP contribution in [0.25, 0.3) is 11.3 Å². The summed E-state index contributed by atoms with van der Waals surface area (Å²) in [5.74, 6) is 0. The SMILES string of the molecule is COCCNCc1cn(C)nc1-c1cccc(Cl)c1Cl. The molecule has 1 heterocycles. The number of ether oxygens (including phenoxy) is 1. The molecule has 108 valence electrons. The summed E-state index contributed by atoms with van der Waals surface area (Å²) in [6.07, 6.45) is 1.98. The van der Waals surface area contributed by atoms with Gasteiger partial charge in [-0.2, -0.15) is 5.10 Å². The highest BCUT2D eigenvalue weighted by Gasteiger charge is 2.14. The normalized spacial score (nSPS) is 11.0. The highest BCUT2D eigenvalue weighted by Crippen LogP contribution is 2.34.